The number of carbonyl (C=O) groups is 2. The Morgan fingerprint density at radius 2 is 1.87 bits per heavy atom. The van der Waals surface area contributed by atoms with Crippen molar-refractivity contribution in [2.45, 2.75) is 58.8 Å². The molecule has 1 aromatic heterocycles. The predicted molar refractivity (Wildman–Crippen MR) is 91.7 cm³/mol. The first-order chi connectivity index (χ1) is 11.0. The van der Waals surface area contributed by atoms with Gasteiger partial charge in [-0.2, -0.15) is 5.26 Å². The van der Waals surface area contributed by atoms with Gasteiger partial charge in [0.2, 0.25) is 5.91 Å². The Kier molecular flexibility index (Phi) is 8.35. The molecule has 0 bridgehead atoms. The fourth-order valence-corrected chi connectivity index (χ4v) is 3.37. The van der Waals surface area contributed by atoms with Crippen molar-refractivity contribution in [3.8, 4) is 6.07 Å². The summed E-state index contributed by atoms with van der Waals surface area (Å²) in [4.78, 5) is 24.0. The molecule has 6 heteroatoms. The van der Waals surface area contributed by atoms with Gasteiger partial charge in [-0.3, -0.25) is 4.79 Å². The number of nitrogens with zero attached hydrogens (tertiary/aromatic N) is 1. The van der Waals surface area contributed by atoms with Crippen LogP contribution in [0.3, 0.4) is 0 Å². The van der Waals surface area contributed by atoms with Crippen LogP contribution in [0.4, 0.5) is 5.00 Å². The molecule has 126 valence electrons. The lowest BCUT2D eigenvalue weighted by atomic mass is 10.1. The average Bonchev–Trinajstić information content (AvgIpc) is 2.85. The van der Waals surface area contributed by atoms with E-state index in [9.17, 15) is 14.9 Å². The summed E-state index contributed by atoms with van der Waals surface area (Å²) in [7, 11) is 1.30. The molecule has 1 aromatic rings. The van der Waals surface area contributed by atoms with Crippen LogP contribution in [0.1, 0.15) is 72.7 Å². The summed E-state index contributed by atoms with van der Waals surface area (Å²) in [6.45, 7) is 3.86. The van der Waals surface area contributed by atoms with Gasteiger partial charge in [0.1, 0.15) is 15.9 Å². The van der Waals surface area contributed by atoms with Crippen molar-refractivity contribution in [1.29, 1.82) is 5.26 Å². The molecule has 0 spiro atoms. The number of rotatable bonds is 9. The SMILES string of the molecule is CCCCCCCCC(=O)Nc1sc(C(=O)OC)c(C)c1C#N. The summed E-state index contributed by atoms with van der Waals surface area (Å²) in [5.41, 5.74) is 0.894. The summed E-state index contributed by atoms with van der Waals surface area (Å²) in [6.07, 6.45) is 7.11. The van der Waals surface area contributed by atoms with Gasteiger partial charge in [0.05, 0.1) is 12.7 Å². The van der Waals surface area contributed by atoms with Crippen LogP contribution in [0.15, 0.2) is 0 Å². The number of hydrogen-bond acceptors (Lipinski definition) is 5. The van der Waals surface area contributed by atoms with Crippen molar-refractivity contribution in [3.05, 3.63) is 16.0 Å². The maximum absolute atomic E-state index is 12.0. The smallest absolute Gasteiger partial charge is 0.348 e. The Morgan fingerprint density at radius 1 is 1.22 bits per heavy atom. The van der Waals surface area contributed by atoms with Crippen molar-refractivity contribution >= 4 is 28.2 Å². The van der Waals surface area contributed by atoms with E-state index in [0.717, 1.165) is 30.6 Å². The van der Waals surface area contributed by atoms with Crippen LogP contribution in [-0.4, -0.2) is 19.0 Å². The largest absolute Gasteiger partial charge is 0.465 e. The van der Waals surface area contributed by atoms with Crippen LogP contribution in [0.25, 0.3) is 0 Å². The minimum Gasteiger partial charge on any atom is -0.465 e. The van der Waals surface area contributed by atoms with E-state index in [1.807, 2.05) is 6.07 Å². The second-order valence-corrected chi connectivity index (χ2v) is 6.45. The first-order valence-corrected chi connectivity index (χ1v) is 8.78. The molecule has 0 radical (unpaired) electrons. The van der Waals surface area contributed by atoms with Gasteiger partial charge in [-0.25, -0.2) is 4.79 Å². The Labute approximate surface area is 141 Å². The third-order valence-electron chi connectivity index (χ3n) is 3.64. The predicted octanol–water partition coefficient (Wildman–Crippen LogP) is 4.40. The van der Waals surface area contributed by atoms with E-state index < -0.39 is 5.97 Å². The van der Waals surface area contributed by atoms with E-state index in [0.29, 0.717) is 27.4 Å². The zero-order valence-corrected chi connectivity index (χ0v) is 14.8. The molecule has 0 aliphatic carbocycles. The molecule has 0 fully saturated rings. The van der Waals surface area contributed by atoms with E-state index in [4.69, 9.17) is 4.74 Å². The first-order valence-electron chi connectivity index (χ1n) is 7.96. The second kappa shape index (κ2) is 10.0. The second-order valence-electron chi connectivity index (χ2n) is 5.43. The molecule has 1 amide bonds. The van der Waals surface area contributed by atoms with Crippen molar-refractivity contribution < 1.29 is 14.3 Å². The number of hydrogen-bond donors (Lipinski definition) is 1. The van der Waals surface area contributed by atoms with Gasteiger partial charge < -0.3 is 10.1 Å². The zero-order chi connectivity index (χ0) is 17.2. The van der Waals surface area contributed by atoms with Gasteiger partial charge >= 0.3 is 5.97 Å². The topological polar surface area (TPSA) is 79.2 Å². The number of amides is 1. The summed E-state index contributed by atoms with van der Waals surface area (Å²) in [5, 5.41) is 12.4. The molecule has 0 aromatic carbocycles. The number of unbranched alkanes of at least 4 members (excludes halogenated alkanes) is 5. The maximum atomic E-state index is 12.0. The number of esters is 1. The highest BCUT2D eigenvalue weighted by atomic mass is 32.1. The van der Waals surface area contributed by atoms with E-state index in [1.54, 1.807) is 6.92 Å². The van der Waals surface area contributed by atoms with Crippen molar-refractivity contribution in [3.63, 3.8) is 0 Å². The van der Waals surface area contributed by atoms with Crippen LogP contribution in [-0.2, 0) is 9.53 Å². The molecule has 5 nitrogen and oxygen atoms in total. The first kappa shape index (κ1) is 19.2. The number of anilines is 1. The quantitative estimate of drug-likeness (QED) is 0.535. The van der Waals surface area contributed by atoms with Crippen LogP contribution in [0.2, 0.25) is 0 Å². The maximum Gasteiger partial charge on any atom is 0.348 e. The number of methoxy groups -OCH3 is 1. The average molecular weight is 336 g/mol. The number of carbonyl (C=O) groups excluding carboxylic acids is 2. The van der Waals surface area contributed by atoms with Gasteiger partial charge in [0, 0.05) is 6.42 Å². The van der Waals surface area contributed by atoms with Gasteiger partial charge in [-0.15, -0.1) is 11.3 Å². The molecule has 0 atom stereocenters. The molecule has 1 heterocycles. The highest BCUT2D eigenvalue weighted by Gasteiger charge is 2.21. The molecule has 0 aliphatic heterocycles. The third kappa shape index (κ3) is 5.68. The van der Waals surface area contributed by atoms with Crippen molar-refractivity contribution in [1.82, 2.24) is 0 Å². The summed E-state index contributed by atoms with van der Waals surface area (Å²) in [5.74, 6) is -0.602. The molecule has 0 saturated carbocycles. The Bertz CT molecular complexity index is 587. The Balaban J connectivity index is 2.58. The molecule has 0 saturated heterocycles. The Morgan fingerprint density at radius 3 is 2.48 bits per heavy atom. The highest BCUT2D eigenvalue weighted by Crippen LogP contribution is 2.33. The number of thiophene rings is 1. The summed E-state index contributed by atoms with van der Waals surface area (Å²) >= 11 is 1.09. The molecule has 1 rings (SSSR count). The van der Waals surface area contributed by atoms with E-state index in [-0.39, 0.29) is 5.91 Å². The summed E-state index contributed by atoms with van der Waals surface area (Å²) in [6, 6.07) is 2.05. The fraction of sp³-hybridized carbons (Fsp3) is 0.588. The third-order valence-corrected chi connectivity index (χ3v) is 4.83. The number of ether oxygens (including phenoxy) is 1. The van der Waals surface area contributed by atoms with Gasteiger partial charge in [-0.05, 0) is 18.9 Å². The lowest BCUT2D eigenvalue weighted by Crippen LogP contribution is -2.10. The zero-order valence-electron chi connectivity index (χ0n) is 14.0. The van der Waals surface area contributed by atoms with Crippen LogP contribution >= 0.6 is 11.3 Å². The molecule has 1 N–H and O–H groups in total. The molecular formula is C17H24N2O3S. The van der Waals surface area contributed by atoms with Crippen LogP contribution < -0.4 is 5.32 Å². The highest BCUT2D eigenvalue weighted by molar-refractivity contribution is 7.18. The van der Waals surface area contributed by atoms with Gasteiger partial charge in [0.15, 0.2) is 0 Å². The lowest BCUT2D eigenvalue weighted by Gasteiger charge is -2.03. The number of nitrogens with one attached hydrogen (secondary N) is 1. The van der Waals surface area contributed by atoms with Gasteiger partial charge in [0.25, 0.3) is 0 Å². The standard InChI is InChI=1S/C17H24N2O3S/c1-4-5-6-7-8-9-10-14(20)19-16-13(11-18)12(2)15(23-16)17(21)22-3/h4-10H2,1-3H3,(H,19,20). The molecule has 0 unspecified atom stereocenters. The molecule has 23 heavy (non-hydrogen) atoms. The minimum absolute atomic E-state index is 0.116. The minimum atomic E-state index is -0.486. The molecular weight excluding hydrogens is 312 g/mol. The normalized spacial score (nSPS) is 10.2. The monoisotopic (exact) mass is 336 g/mol. The fourth-order valence-electron chi connectivity index (χ4n) is 2.28. The Hall–Kier alpha value is -1.87. The summed E-state index contributed by atoms with van der Waals surface area (Å²) < 4.78 is 4.70. The van der Waals surface area contributed by atoms with Gasteiger partial charge in [-0.1, -0.05) is 39.0 Å². The van der Waals surface area contributed by atoms with E-state index >= 15 is 0 Å². The van der Waals surface area contributed by atoms with Crippen molar-refractivity contribution in [2.24, 2.45) is 0 Å². The van der Waals surface area contributed by atoms with E-state index in [1.165, 1.54) is 26.4 Å². The van der Waals surface area contributed by atoms with Crippen molar-refractivity contribution in [2.75, 3.05) is 12.4 Å². The lowest BCUT2D eigenvalue weighted by molar-refractivity contribution is -0.116. The molecule has 0 aliphatic rings. The number of nitriles is 1. The van der Waals surface area contributed by atoms with Crippen LogP contribution in [0.5, 0.6) is 0 Å². The van der Waals surface area contributed by atoms with Crippen LogP contribution in [0, 0.1) is 18.3 Å². The van der Waals surface area contributed by atoms with E-state index in [2.05, 4.69) is 12.2 Å².